The van der Waals surface area contributed by atoms with Crippen LogP contribution in [0.25, 0.3) is 0 Å². The van der Waals surface area contributed by atoms with Crippen molar-refractivity contribution in [1.82, 2.24) is 4.98 Å². The number of aromatic nitrogens is 1. The summed E-state index contributed by atoms with van der Waals surface area (Å²) in [5.74, 6) is 0. The molecule has 0 fully saturated rings. The number of nitrogens with zero attached hydrogens (tertiary/aromatic N) is 2. The molecule has 2 aromatic rings. The lowest BCUT2D eigenvalue weighted by Crippen LogP contribution is -2.13. The van der Waals surface area contributed by atoms with Crippen LogP contribution in [0.3, 0.4) is 0 Å². The average molecular weight is 387 g/mol. The molecule has 21 heavy (non-hydrogen) atoms. The number of anilines is 1. The van der Waals surface area contributed by atoms with E-state index >= 15 is 0 Å². The van der Waals surface area contributed by atoms with E-state index in [0.29, 0.717) is 15.6 Å². The van der Waals surface area contributed by atoms with E-state index in [1.165, 1.54) is 30.5 Å². The summed E-state index contributed by atoms with van der Waals surface area (Å²) in [5.41, 5.74) is 1.31. The van der Waals surface area contributed by atoms with Gasteiger partial charge in [0.05, 0.1) is 32.9 Å². The van der Waals surface area contributed by atoms with Gasteiger partial charge in [-0.2, -0.15) is 5.26 Å². The second-order valence-corrected chi connectivity index (χ2v) is 7.09. The van der Waals surface area contributed by atoms with Crippen molar-refractivity contribution in [2.45, 2.75) is 11.8 Å². The van der Waals surface area contributed by atoms with E-state index in [-0.39, 0.29) is 15.7 Å². The molecule has 0 aliphatic rings. The molecule has 0 spiro atoms. The lowest BCUT2D eigenvalue weighted by Gasteiger charge is -2.09. The number of hydrogen-bond acceptors (Lipinski definition) is 4. The summed E-state index contributed by atoms with van der Waals surface area (Å²) in [5, 5.41) is 9.11. The van der Waals surface area contributed by atoms with Gasteiger partial charge >= 0.3 is 0 Å². The smallest absolute Gasteiger partial charge is 0.261 e. The molecule has 0 aliphatic carbocycles. The van der Waals surface area contributed by atoms with E-state index in [0.717, 1.165) is 0 Å². The van der Waals surface area contributed by atoms with Crippen molar-refractivity contribution >= 4 is 43.2 Å². The third-order valence-corrected chi connectivity index (χ3v) is 5.19. The Kier molecular flexibility index (Phi) is 4.52. The van der Waals surface area contributed by atoms with Crippen molar-refractivity contribution in [3.8, 4) is 6.07 Å². The number of nitriles is 1. The third-order valence-electron chi connectivity index (χ3n) is 2.68. The number of sulfonamides is 1. The molecule has 0 unspecified atom stereocenters. The normalized spacial score (nSPS) is 11.0. The largest absolute Gasteiger partial charge is 0.278 e. The second kappa shape index (κ2) is 6.02. The van der Waals surface area contributed by atoms with Gasteiger partial charge in [-0.15, -0.1) is 0 Å². The number of aryl methyl sites for hydroxylation is 1. The molecule has 1 aromatic carbocycles. The van der Waals surface area contributed by atoms with Crippen LogP contribution in [-0.2, 0) is 10.0 Å². The van der Waals surface area contributed by atoms with E-state index < -0.39 is 10.0 Å². The molecule has 108 valence electrons. The standard InChI is InChI=1S/C13H9BrClN3O2S/c1-8-4-11(3-2-9(8)6-16)21(19,20)18-10-5-12(14)13(15)17-7-10/h2-5,7,18H,1H3. The Bertz CT molecular complexity index is 847. The highest BCUT2D eigenvalue weighted by atomic mass is 79.9. The minimum atomic E-state index is -3.75. The molecule has 2 rings (SSSR count). The van der Waals surface area contributed by atoms with Gasteiger partial charge in [0.1, 0.15) is 5.15 Å². The fourth-order valence-electron chi connectivity index (χ4n) is 1.62. The fourth-order valence-corrected chi connectivity index (χ4v) is 3.19. The van der Waals surface area contributed by atoms with Crippen LogP contribution in [0.4, 0.5) is 5.69 Å². The molecule has 0 bridgehead atoms. The van der Waals surface area contributed by atoms with Crippen molar-refractivity contribution < 1.29 is 8.42 Å². The number of halogens is 2. The molecule has 0 aliphatic heterocycles. The molecule has 0 saturated heterocycles. The Balaban J connectivity index is 2.36. The van der Waals surface area contributed by atoms with Crippen LogP contribution in [0.1, 0.15) is 11.1 Å². The van der Waals surface area contributed by atoms with Gasteiger partial charge in [-0.25, -0.2) is 13.4 Å². The first-order valence-electron chi connectivity index (χ1n) is 5.68. The predicted octanol–water partition coefficient (Wildman–Crippen LogP) is 3.48. The molecule has 1 heterocycles. The Morgan fingerprint density at radius 2 is 2.10 bits per heavy atom. The van der Waals surface area contributed by atoms with E-state index in [9.17, 15) is 8.42 Å². The quantitative estimate of drug-likeness (QED) is 0.819. The van der Waals surface area contributed by atoms with E-state index in [2.05, 4.69) is 25.6 Å². The summed E-state index contributed by atoms with van der Waals surface area (Å²) < 4.78 is 27.5. The first kappa shape index (κ1) is 15.8. The fraction of sp³-hybridized carbons (Fsp3) is 0.0769. The van der Waals surface area contributed by atoms with Gasteiger partial charge in [-0.1, -0.05) is 11.6 Å². The Morgan fingerprint density at radius 1 is 1.38 bits per heavy atom. The van der Waals surface area contributed by atoms with Crippen molar-refractivity contribution in [1.29, 1.82) is 5.26 Å². The summed E-state index contributed by atoms with van der Waals surface area (Å²) in [6.45, 7) is 1.68. The van der Waals surface area contributed by atoms with Crippen molar-refractivity contribution in [2.24, 2.45) is 0 Å². The van der Waals surface area contributed by atoms with Gasteiger partial charge in [-0.3, -0.25) is 4.72 Å². The SMILES string of the molecule is Cc1cc(S(=O)(=O)Nc2cnc(Cl)c(Br)c2)ccc1C#N. The second-order valence-electron chi connectivity index (χ2n) is 4.19. The molecule has 0 saturated carbocycles. The maximum atomic E-state index is 12.3. The zero-order chi connectivity index (χ0) is 15.6. The number of hydrogen-bond donors (Lipinski definition) is 1. The van der Waals surface area contributed by atoms with Crippen LogP contribution in [-0.4, -0.2) is 13.4 Å². The van der Waals surface area contributed by atoms with E-state index in [4.69, 9.17) is 16.9 Å². The lowest BCUT2D eigenvalue weighted by molar-refractivity contribution is 0.601. The van der Waals surface area contributed by atoms with Gasteiger partial charge in [0.2, 0.25) is 0 Å². The maximum Gasteiger partial charge on any atom is 0.261 e. The van der Waals surface area contributed by atoms with Crippen LogP contribution in [0.5, 0.6) is 0 Å². The first-order valence-corrected chi connectivity index (χ1v) is 8.33. The average Bonchev–Trinajstić information content (AvgIpc) is 2.42. The summed E-state index contributed by atoms with van der Waals surface area (Å²) in [6.07, 6.45) is 1.32. The zero-order valence-corrected chi connectivity index (χ0v) is 13.9. The molecule has 5 nitrogen and oxygen atoms in total. The van der Waals surface area contributed by atoms with Crippen LogP contribution < -0.4 is 4.72 Å². The molecule has 0 atom stereocenters. The molecular weight excluding hydrogens is 378 g/mol. The minimum Gasteiger partial charge on any atom is -0.278 e. The highest BCUT2D eigenvalue weighted by Crippen LogP contribution is 2.25. The van der Waals surface area contributed by atoms with Crippen LogP contribution >= 0.6 is 27.5 Å². The van der Waals surface area contributed by atoms with Crippen molar-refractivity contribution in [2.75, 3.05) is 4.72 Å². The Morgan fingerprint density at radius 3 is 2.67 bits per heavy atom. The Labute approximate surface area is 135 Å². The summed E-state index contributed by atoms with van der Waals surface area (Å²) in [4.78, 5) is 3.92. The van der Waals surface area contributed by atoms with Crippen LogP contribution in [0, 0.1) is 18.3 Å². The first-order chi connectivity index (χ1) is 9.83. The Hall–Kier alpha value is -1.62. The monoisotopic (exact) mass is 385 g/mol. The van der Waals surface area contributed by atoms with Crippen molar-refractivity contribution in [3.63, 3.8) is 0 Å². The minimum absolute atomic E-state index is 0.0741. The summed E-state index contributed by atoms with van der Waals surface area (Å²) in [7, 11) is -3.75. The number of benzene rings is 1. The van der Waals surface area contributed by atoms with E-state index in [1.54, 1.807) is 6.92 Å². The topological polar surface area (TPSA) is 82.8 Å². The number of rotatable bonds is 3. The van der Waals surface area contributed by atoms with Gasteiger partial charge in [0.15, 0.2) is 0 Å². The highest BCUT2D eigenvalue weighted by molar-refractivity contribution is 9.10. The predicted molar refractivity (Wildman–Crippen MR) is 83.6 cm³/mol. The molecule has 1 N–H and O–H groups in total. The van der Waals surface area contributed by atoms with E-state index in [1.807, 2.05) is 6.07 Å². The highest BCUT2D eigenvalue weighted by Gasteiger charge is 2.16. The van der Waals surface area contributed by atoms with Gasteiger partial charge in [0.25, 0.3) is 10.0 Å². The van der Waals surface area contributed by atoms with Gasteiger partial charge in [-0.05, 0) is 52.7 Å². The molecule has 8 heteroatoms. The zero-order valence-electron chi connectivity index (χ0n) is 10.8. The van der Waals surface area contributed by atoms with Crippen LogP contribution in [0.2, 0.25) is 5.15 Å². The van der Waals surface area contributed by atoms with Gasteiger partial charge in [0, 0.05) is 0 Å². The summed E-state index contributed by atoms with van der Waals surface area (Å²) >= 11 is 8.93. The maximum absolute atomic E-state index is 12.3. The molecule has 1 aromatic heterocycles. The van der Waals surface area contributed by atoms with Crippen molar-refractivity contribution in [3.05, 3.63) is 51.2 Å². The lowest BCUT2D eigenvalue weighted by atomic mass is 10.1. The molecule has 0 amide bonds. The van der Waals surface area contributed by atoms with Crippen LogP contribution in [0.15, 0.2) is 39.8 Å². The molecule has 0 radical (unpaired) electrons. The molecular formula is C13H9BrClN3O2S. The number of nitrogens with one attached hydrogen (secondary N) is 1. The number of pyridine rings is 1. The third kappa shape index (κ3) is 3.53. The van der Waals surface area contributed by atoms with Gasteiger partial charge < -0.3 is 0 Å². The summed E-state index contributed by atoms with van der Waals surface area (Å²) in [6, 6.07) is 7.81.